The van der Waals surface area contributed by atoms with Gasteiger partial charge in [0.15, 0.2) is 0 Å². The van der Waals surface area contributed by atoms with Crippen molar-refractivity contribution in [2.45, 2.75) is 51.6 Å². The summed E-state index contributed by atoms with van der Waals surface area (Å²) in [7, 11) is -3.40. The highest BCUT2D eigenvalue weighted by molar-refractivity contribution is 7.88. The Bertz CT molecular complexity index is 598. The molecule has 0 aliphatic carbocycles. The summed E-state index contributed by atoms with van der Waals surface area (Å²) in [5.74, 6) is -0.252. The van der Waals surface area contributed by atoms with Crippen LogP contribution in [0.4, 0.5) is 0 Å². The average Bonchev–Trinajstić information content (AvgIpc) is 2.34. The van der Waals surface area contributed by atoms with E-state index in [9.17, 15) is 13.2 Å². The summed E-state index contributed by atoms with van der Waals surface area (Å²) in [6.45, 7) is 5.60. The maximum absolute atomic E-state index is 12.0. The number of rotatable bonds is 8. The summed E-state index contributed by atoms with van der Waals surface area (Å²) in [4.78, 5) is 11.6. The average molecular weight is 327 g/mol. The summed E-state index contributed by atoms with van der Waals surface area (Å²) >= 11 is 0. The van der Waals surface area contributed by atoms with Crippen LogP contribution in [0.15, 0.2) is 24.3 Å². The van der Waals surface area contributed by atoms with Crippen molar-refractivity contribution < 1.29 is 13.2 Å². The lowest BCUT2D eigenvalue weighted by Crippen LogP contribution is -2.32. The minimum Gasteiger partial charge on any atom is -0.352 e. The van der Waals surface area contributed by atoms with Crippen LogP contribution >= 0.6 is 0 Å². The number of benzene rings is 1. The van der Waals surface area contributed by atoms with Crippen molar-refractivity contribution >= 4 is 15.9 Å². The van der Waals surface area contributed by atoms with Gasteiger partial charge in [0, 0.05) is 25.0 Å². The van der Waals surface area contributed by atoms with Gasteiger partial charge < -0.3 is 11.1 Å². The Morgan fingerprint density at radius 2 is 1.77 bits per heavy atom. The van der Waals surface area contributed by atoms with Crippen molar-refractivity contribution in [1.82, 2.24) is 10.0 Å². The summed E-state index contributed by atoms with van der Waals surface area (Å²) in [5, 5.41) is 2.76. The zero-order chi connectivity index (χ0) is 16.8. The lowest BCUT2D eigenvalue weighted by atomic mass is 10.1. The van der Waals surface area contributed by atoms with E-state index in [0.717, 1.165) is 5.56 Å². The molecule has 0 aromatic heterocycles. The van der Waals surface area contributed by atoms with Crippen LogP contribution in [0.3, 0.4) is 0 Å². The first-order valence-electron chi connectivity index (χ1n) is 7.28. The molecule has 0 bridgehead atoms. The number of amides is 1. The minimum absolute atomic E-state index is 0.107. The van der Waals surface area contributed by atoms with E-state index in [1.54, 1.807) is 32.9 Å². The SMILES string of the molecule is CC(N)CC(=O)NCc1ccccc1CS(=O)(=O)NC(C)C. The largest absolute Gasteiger partial charge is 0.352 e. The molecule has 0 aliphatic rings. The highest BCUT2D eigenvalue weighted by Crippen LogP contribution is 2.12. The van der Waals surface area contributed by atoms with Crippen LogP contribution in [0.2, 0.25) is 0 Å². The van der Waals surface area contributed by atoms with Crippen LogP contribution in [-0.4, -0.2) is 26.4 Å². The molecule has 0 radical (unpaired) electrons. The van der Waals surface area contributed by atoms with Gasteiger partial charge in [-0.05, 0) is 31.9 Å². The van der Waals surface area contributed by atoms with Gasteiger partial charge in [-0.25, -0.2) is 13.1 Å². The maximum atomic E-state index is 12.0. The van der Waals surface area contributed by atoms with Gasteiger partial charge in [0.1, 0.15) is 0 Å². The molecule has 1 atom stereocenters. The molecule has 22 heavy (non-hydrogen) atoms. The Labute approximate surface area is 132 Å². The second kappa shape index (κ2) is 8.26. The van der Waals surface area contributed by atoms with E-state index in [1.807, 2.05) is 12.1 Å². The molecule has 0 aliphatic heterocycles. The molecular weight excluding hydrogens is 302 g/mol. The molecule has 7 heteroatoms. The van der Waals surface area contributed by atoms with Crippen molar-refractivity contribution in [2.75, 3.05) is 0 Å². The molecule has 0 fully saturated rings. The smallest absolute Gasteiger partial charge is 0.221 e. The second-order valence-electron chi connectivity index (χ2n) is 5.76. The molecule has 1 amide bonds. The Morgan fingerprint density at radius 3 is 2.32 bits per heavy atom. The molecule has 0 heterocycles. The number of hydrogen-bond donors (Lipinski definition) is 3. The van der Waals surface area contributed by atoms with E-state index in [0.29, 0.717) is 12.1 Å². The van der Waals surface area contributed by atoms with E-state index >= 15 is 0 Å². The maximum Gasteiger partial charge on any atom is 0.221 e. The zero-order valence-electron chi connectivity index (χ0n) is 13.3. The third kappa shape index (κ3) is 7.02. The zero-order valence-corrected chi connectivity index (χ0v) is 14.1. The molecular formula is C15H25N3O3S. The summed E-state index contributed by atoms with van der Waals surface area (Å²) in [6, 6.07) is 6.82. The van der Waals surface area contributed by atoms with E-state index in [2.05, 4.69) is 10.0 Å². The molecule has 6 nitrogen and oxygen atoms in total. The van der Waals surface area contributed by atoms with Crippen LogP contribution in [-0.2, 0) is 27.1 Å². The third-order valence-electron chi connectivity index (χ3n) is 2.86. The molecule has 0 spiro atoms. The lowest BCUT2D eigenvalue weighted by Gasteiger charge is -2.13. The normalized spacial score (nSPS) is 13.1. The van der Waals surface area contributed by atoms with Gasteiger partial charge in [-0.2, -0.15) is 0 Å². The van der Waals surface area contributed by atoms with Crippen LogP contribution in [0.5, 0.6) is 0 Å². The molecule has 1 rings (SSSR count). The molecule has 1 aromatic carbocycles. The first kappa shape index (κ1) is 18.6. The lowest BCUT2D eigenvalue weighted by molar-refractivity contribution is -0.121. The predicted molar refractivity (Wildman–Crippen MR) is 87.5 cm³/mol. The Morgan fingerprint density at radius 1 is 1.18 bits per heavy atom. The van der Waals surface area contributed by atoms with Crippen molar-refractivity contribution in [3.05, 3.63) is 35.4 Å². The second-order valence-corrected chi connectivity index (χ2v) is 7.51. The van der Waals surface area contributed by atoms with Crippen LogP contribution < -0.4 is 15.8 Å². The van der Waals surface area contributed by atoms with Gasteiger partial charge in [0.2, 0.25) is 15.9 Å². The van der Waals surface area contributed by atoms with Crippen molar-refractivity contribution in [3.63, 3.8) is 0 Å². The summed E-state index contributed by atoms with van der Waals surface area (Å²) < 4.78 is 26.6. The number of nitrogens with two attached hydrogens (primary N) is 1. The van der Waals surface area contributed by atoms with Crippen LogP contribution in [0.25, 0.3) is 0 Å². The highest BCUT2D eigenvalue weighted by Gasteiger charge is 2.15. The summed E-state index contributed by atoms with van der Waals surface area (Å²) in [6.07, 6.45) is 0.245. The van der Waals surface area contributed by atoms with E-state index in [-0.39, 0.29) is 30.2 Å². The van der Waals surface area contributed by atoms with Gasteiger partial charge in [0.05, 0.1) is 5.75 Å². The van der Waals surface area contributed by atoms with Gasteiger partial charge in [-0.15, -0.1) is 0 Å². The molecule has 1 unspecified atom stereocenters. The monoisotopic (exact) mass is 327 g/mol. The van der Waals surface area contributed by atoms with Crippen molar-refractivity contribution in [1.29, 1.82) is 0 Å². The first-order valence-corrected chi connectivity index (χ1v) is 8.94. The molecule has 0 saturated heterocycles. The van der Waals surface area contributed by atoms with E-state index < -0.39 is 10.0 Å². The molecule has 124 valence electrons. The predicted octanol–water partition coefficient (Wildman–Crippen LogP) is 0.868. The van der Waals surface area contributed by atoms with Crippen molar-refractivity contribution in [3.8, 4) is 0 Å². The highest BCUT2D eigenvalue weighted by atomic mass is 32.2. The van der Waals surface area contributed by atoms with Gasteiger partial charge >= 0.3 is 0 Å². The van der Waals surface area contributed by atoms with Crippen molar-refractivity contribution in [2.24, 2.45) is 5.73 Å². The number of sulfonamides is 1. The first-order chi connectivity index (χ1) is 10.2. The Hall–Kier alpha value is -1.44. The fourth-order valence-corrected chi connectivity index (χ4v) is 3.53. The quantitative estimate of drug-likeness (QED) is 0.659. The fraction of sp³-hybridized carbons (Fsp3) is 0.533. The molecule has 4 N–H and O–H groups in total. The third-order valence-corrected chi connectivity index (χ3v) is 4.38. The van der Waals surface area contributed by atoms with E-state index in [1.165, 1.54) is 0 Å². The number of hydrogen-bond acceptors (Lipinski definition) is 4. The van der Waals surface area contributed by atoms with Gasteiger partial charge in [-0.1, -0.05) is 24.3 Å². The van der Waals surface area contributed by atoms with Gasteiger partial charge in [-0.3, -0.25) is 4.79 Å². The number of carbonyl (C=O) groups is 1. The number of carbonyl (C=O) groups excluding carboxylic acids is 1. The van der Waals surface area contributed by atoms with Gasteiger partial charge in [0.25, 0.3) is 0 Å². The standard InChI is InChI=1S/C15H25N3O3S/c1-11(2)18-22(20,21)10-14-7-5-4-6-13(14)9-17-15(19)8-12(3)16/h4-7,11-12,18H,8-10,16H2,1-3H3,(H,17,19). The summed E-state index contributed by atoms with van der Waals surface area (Å²) in [5.41, 5.74) is 7.04. The topological polar surface area (TPSA) is 101 Å². The van der Waals surface area contributed by atoms with Crippen LogP contribution in [0, 0.1) is 0 Å². The molecule has 1 aromatic rings. The fourth-order valence-electron chi connectivity index (χ4n) is 2.03. The Kier molecular flexibility index (Phi) is 6.99. The number of nitrogens with one attached hydrogen (secondary N) is 2. The van der Waals surface area contributed by atoms with E-state index in [4.69, 9.17) is 5.73 Å². The van der Waals surface area contributed by atoms with Crippen LogP contribution in [0.1, 0.15) is 38.3 Å². The Balaban J connectivity index is 2.76. The molecule has 0 saturated carbocycles. The minimum atomic E-state index is -3.40.